The molecule has 1 aromatic carbocycles. The minimum atomic E-state index is -0.611. The van der Waals surface area contributed by atoms with Crippen molar-refractivity contribution in [1.82, 2.24) is 9.55 Å². The highest BCUT2D eigenvalue weighted by molar-refractivity contribution is 7.17. The van der Waals surface area contributed by atoms with E-state index in [1.807, 2.05) is 5.38 Å². The molecule has 6 nitrogen and oxygen atoms in total. The van der Waals surface area contributed by atoms with E-state index < -0.39 is 5.97 Å². The van der Waals surface area contributed by atoms with Crippen molar-refractivity contribution in [1.29, 1.82) is 0 Å². The maximum absolute atomic E-state index is 13.2. The van der Waals surface area contributed by atoms with Crippen molar-refractivity contribution in [2.24, 2.45) is 0 Å². The topological polar surface area (TPSA) is 74.3 Å². The number of benzene rings is 1. The molecule has 136 valence electrons. The van der Waals surface area contributed by atoms with Crippen LogP contribution in [0.4, 0.5) is 4.39 Å². The third kappa shape index (κ3) is 3.04. The van der Waals surface area contributed by atoms with Gasteiger partial charge in [-0.2, -0.15) is 0 Å². The molecule has 3 aromatic heterocycles. The standard InChI is InChI=1S/C19H13FN2O4S/c1-25-19(24)16-12(6-7-26-16)8-22-10-21-17-15(18(22)23)14(9-27-17)11-2-4-13(20)5-3-11/h2-7,9-10H,8H2,1H3. The average molecular weight is 384 g/mol. The van der Waals surface area contributed by atoms with E-state index in [-0.39, 0.29) is 23.7 Å². The zero-order chi connectivity index (χ0) is 19.0. The van der Waals surface area contributed by atoms with Gasteiger partial charge in [0.1, 0.15) is 10.6 Å². The fourth-order valence-corrected chi connectivity index (χ4v) is 3.74. The number of thiophene rings is 1. The number of fused-ring (bicyclic) bond motifs is 1. The summed E-state index contributed by atoms with van der Waals surface area (Å²) in [5.41, 5.74) is 1.70. The van der Waals surface area contributed by atoms with Crippen LogP contribution in [0.1, 0.15) is 16.1 Å². The molecule has 0 unspecified atom stereocenters. The summed E-state index contributed by atoms with van der Waals surface area (Å²) in [5.74, 6) is -0.905. The Balaban J connectivity index is 1.80. The Morgan fingerprint density at radius 2 is 2.07 bits per heavy atom. The summed E-state index contributed by atoms with van der Waals surface area (Å²) in [6.07, 6.45) is 2.80. The Labute approximate surface area is 156 Å². The molecule has 0 amide bonds. The third-order valence-corrected chi connectivity index (χ3v) is 5.06. The number of carbonyl (C=O) groups excluding carboxylic acids is 1. The second-order valence-electron chi connectivity index (χ2n) is 5.78. The molecule has 0 atom stereocenters. The first-order valence-corrected chi connectivity index (χ1v) is 8.83. The van der Waals surface area contributed by atoms with E-state index in [0.717, 1.165) is 5.56 Å². The number of aromatic nitrogens is 2. The zero-order valence-electron chi connectivity index (χ0n) is 14.1. The molecule has 0 radical (unpaired) electrons. The molecule has 0 N–H and O–H groups in total. The largest absolute Gasteiger partial charge is 0.463 e. The van der Waals surface area contributed by atoms with Gasteiger partial charge in [-0.05, 0) is 23.8 Å². The predicted octanol–water partition coefficient (Wildman–Crippen LogP) is 3.69. The lowest BCUT2D eigenvalue weighted by Gasteiger charge is -2.06. The number of hydrogen-bond acceptors (Lipinski definition) is 6. The van der Waals surface area contributed by atoms with Crippen LogP contribution >= 0.6 is 11.3 Å². The van der Waals surface area contributed by atoms with Gasteiger partial charge < -0.3 is 9.15 Å². The van der Waals surface area contributed by atoms with E-state index in [9.17, 15) is 14.0 Å². The van der Waals surface area contributed by atoms with E-state index in [1.54, 1.807) is 18.2 Å². The molecule has 0 saturated carbocycles. The van der Waals surface area contributed by atoms with Gasteiger partial charge in [-0.15, -0.1) is 11.3 Å². The summed E-state index contributed by atoms with van der Waals surface area (Å²) in [6.45, 7) is 0.113. The fourth-order valence-electron chi connectivity index (χ4n) is 2.84. The van der Waals surface area contributed by atoms with Gasteiger partial charge in [0, 0.05) is 16.5 Å². The number of methoxy groups -OCH3 is 1. The van der Waals surface area contributed by atoms with Crippen LogP contribution in [0, 0.1) is 5.82 Å². The lowest BCUT2D eigenvalue weighted by molar-refractivity contribution is 0.0563. The lowest BCUT2D eigenvalue weighted by atomic mass is 10.1. The van der Waals surface area contributed by atoms with Crippen LogP contribution in [0.5, 0.6) is 0 Å². The van der Waals surface area contributed by atoms with Crippen LogP contribution in [-0.2, 0) is 11.3 Å². The molecule has 0 bridgehead atoms. The molecular weight excluding hydrogens is 371 g/mol. The van der Waals surface area contributed by atoms with E-state index in [4.69, 9.17) is 4.42 Å². The summed E-state index contributed by atoms with van der Waals surface area (Å²) in [6, 6.07) is 7.55. The Bertz CT molecular complexity index is 1190. The molecule has 0 aliphatic carbocycles. The second-order valence-corrected chi connectivity index (χ2v) is 6.64. The number of ether oxygens (including phenoxy) is 1. The first kappa shape index (κ1) is 17.2. The molecule has 8 heteroatoms. The molecule has 0 spiro atoms. The van der Waals surface area contributed by atoms with Crippen molar-refractivity contribution in [3.05, 3.63) is 75.8 Å². The van der Waals surface area contributed by atoms with Gasteiger partial charge in [-0.1, -0.05) is 12.1 Å². The van der Waals surface area contributed by atoms with Gasteiger partial charge in [0.2, 0.25) is 5.76 Å². The lowest BCUT2D eigenvalue weighted by Crippen LogP contribution is -2.21. The SMILES string of the molecule is COC(=O)c1occc1Cn1cnc2scc(-c3ccc(F)cc3)c2c1=O. The van der Waals surface area contributed by atoms with Crippen LogP contribution in [-0.4, -0.2) is 22.6 Å². The molecule has 0 aliphatic rings. The molecule has 0 saturated heterocycles. The summed E-state index contributed by atoms with van der Waals surface area (Å²) in [4.78, 5) is 29.7. The summed E-state index contributed by atoms with van der Waals surface area (Å²) in [5, 5.41) is 2.28. The number of carbonyl (C=O) groups is 1. The second kappa shape index (κ2) is 6.81. The van der Waals surface area contributed by atoms with E-state index in [2.05, 4.69) is 9.72 Å². The maximum atomic E-state index is 13.2. The molecule has 27 heavy (non-hydrogen) atoms. The Morgan fingerprint density at radius 3 is 2.81 bits per heavy atom. The average Bonchev–Trinajstić information content (AvgIpc) is 3.31. The number of hydrogen-bond donors (Lipinski definition) is 0. The van der Waals surface area contributed by atoms with Gasteiger partial charge in [0.25, 0.3) is 5.56 Å². The van der Waals surface area contributed by atoms with E-state index >= 15 is 0 Å². The highest BCUT2D eigenvalue weighted by atomic mass is 32.1. The van der Waals surface area contributed by atoms with Gasteiger partial charge in [0.15, 0.2) is 0 Å². The Kier molecular flexibility index (Phi) is 4.33. The van der Waals surface area contributed by atoms with Crippen LogP contribution in [0.3, 0.4) is 0 Å². The van der Waals surface area contributed by atoms with Crippen molar-refractivity contribution in [2.45, 2.75) is 6.54 Å². The van der Waals surface area contributed by atoms with E-state index in [1.165, 1.54) is 47.7 Å². The molecule has 4 rings (SSSR count). The Hall–Kier alpha value is -3.26. The minimum Gasteiger partial charge on any atom is -0.463 e. The first-order chi connectivity index (χ1) is 13.1. The van der Waals surface area contributed by atoms with Gasteiger partial charge in [-0.25, -0.2) is 14.2 Å². The van der Waals surface area contributed by atoms with Crippen molar-refractivity contribution < 1.29 is 18.3 Å². The van der Waals surface area contributed by atoms with Crippen LogP contribution in [0.25, 0.3) is 21.3 Å². The number of nitrogens with zero attached hydrogens (tertiary/aromatic N) is 2. The van der Waals surface area contributed by atoms with Gasteiger partial charge in [-0.3, -0.25) is 9.36 Å². The number of halogens is 1. The molecule has 0 aliphatic heterocycles. The van der Waals surface area contributed by atoms with Crippen molar-refractivity contribution >= 4 is 27.5 Å². The molecular formula is C19H13FN2O4S. The molecule has 4 aromatic rings. The maximum Gasteiger partial charge on any atom is 0.374 e. The van der Waals surface area contributed by atoms with Crippen molar-refractivity contribution in [2.75, 3.05) is 7.11 Å². The summed E-state index contributed by atoms with van der Waals surface area (Å²) in [7, 11) is 1.26. The molecule has 0 fully saturated rings. The molecule has 3 heterocycles. The van der Waals surface area contributed by atoms with Crippen molar-refractivity contribution in [3.8, 4) is 11.1 Å². The minimum absolute atomic E-state index is 0.0496. The summed E-state index contributed by atoms with van der Waals surface area (Å²) >= 11 is 1.34. The van der Waals surface area contributed by atoms with Crippen molar-refractivity contribution in [3.63, 3.8) is 0 Å². The monoisotopic (exact) mass is 384 g/mol. The summed E-state index contributed by atoms with van der Waals surface area (Å²) < 4.78 is 24.5. The number of rotatable bonds is 4. The van der Waals surface area contributed by atoms with Gasteiger partial charge in [0.05, 0.1) is 31.6 Å². The highest BCUT2D eigenvalue weighted by Gasteiger charge is 2.18. The van der Waals surface area contributed by atoms with Crippen LogP contribution < -0.4 is 5.56 Å². The zero-order valence-corrected chi connectivity index (χ0v) is 15.0. The normalized spacial score (nSPS) is 11.0. The highest BCUT2D eigenvalue weighted by Crippen LogP contribution is 2.30. The van der Waals surface area contributed by atoms with Crippen LogP contribution in [0.2, 0.25) is 0 Å². The Morgan fingerprint density at radius 1 is 1.30 bits per heavy atom. The van der Waals surface area contributed by atoms with Gasteiger partial charge >= 0.3 is 5.97 Å². The fraction of sp³-hybridized carbons (Fsp3) is 0.105. The predicted molar refractivity (Wildman–Crippen MR) is 98.4 cm³/mol. The number of esters is 1. The smallest absolute Gasteiger partial charge is 0.374 e. The van der Waals surface area contributed by atoms with E-state index in [0.29, 0.717) is 21.3 Å². The first-order valence-electron chi connectivity index (χ1n) is 7.95. The third-order valence-electron chi connectivity index (χ3n) is 4.17. The van der Waals surface area contributed by atoms with Crippen LogP contribution in [0.15, 0.2) is 57.5 Å². The quantitative estimate of drug-likeness (QED) is 0.502. The number of furan rings is 1.